The van der Waals surface area contributed by atoms with Crippen LogP contribution in [0.2, 0.25) is 0 Å². The number of rotatable bonds is 8. The number of hydrogen-bond donors (Lipinski definition) is 2. The van der Waals surface area contributed by atoms with Crippen LogP contribution >= 0.6 is 11.3 Å². The molecule has 2 rings (SSSR count). The monoisotopic (exact) mass is 362 g/mol. The average Bonchev–Trinajstić information content (AvgIpc) is 3.01. The van der Waals surface area contributed by atoms with Crippen LogP contribution in [0.25, 0.3) is 10.6 Å². The molecule has 1 atom stereocenters. The Morgan fingerprint density at radius 3 is 2.68 bits per heavy atom. The van der Waals surface area contributed by atoms with Crippen molar-refractivity contribution in [1.29, 1.82) is 0 Å². The summed E-state index contributed by atoms with van der Waals surface area (Å²) in [7, 11) is 1.60. The van der Waals surface area contributed by atoms with E-state index in [0.717, 1.165) is 16.3 Å². The number of nitrogens with one attached hydrogen (secondary N) is 1. The second kappa shape index (κ2) is 8.62. The SMILES string of the molecule is COc1ccccc1-c1nc(CC(=O)NC(CC(C)C)C(=O)O)cs1. The van der Waals surface area contributed by atoms with Gasteiger partial charge in [-0.3, -0.25) is 4.79 Å². The number of aliphatic carboxylic acids is 1. The number of carboxylic acids is 1. The van der Waals surface area contributed by atoms with Crippen molar-refractivity contribution in [2.45, 2.75) is 32.7 Å². The van der Waals surface area contributed by atoms with Crippen LogP contribution in [0, 0.1) is 5.92 Å². The molecule has 0 fully saturated rings. The molecule has 0 aliphatic heterocycles. The van der Waals surface area contributed by atoms with Crippen LogP contribution in [0.15, 0.2) is 29.6 Å². The molecule has 0 saturated heterocycles. The predicted molar refractivity (Wildman–Crippen MR) is 96.8 cm³/mol. The van der Waals surface area contributed by atoms with Gasteiger partial charge in [0.1, 0.15) is 16.8 Å². The van der Waals surface area contributed by atoms with Crippen molar-refractivity contribution in [3.63, 3.8) is 0 Å². The van der Waals surface area contributed by atoms with Crippen LogP contribution in [0.5, 0.6) is 5.75 Å². The van der Waals surface area contributed by atoms with Crippen LogP contribution in [0.4, 0.5) is 0 Å². The van der Waals surface area contributed by atoms with Gasteiger partial charge in [0.25, 0.3) is 0 Å². The summed E-state index contributed by atoms with van der Waals surface area (Å²) in [6.45, 7) is 3.84. The molecule has 134 valence electrons. The Kier molecular flexibility index (Phi) is 6.52. The van der Waals surface area contributed by atoms with Crippen molar-refractivity contribution in [2.24, 2.45) is 5.92 Å². The molecule has 1 amide bonds. The Hall–Kier alpha value is -2.41. The van der Waals surface area contributed by atoms with Crippen LogP contribution in [0.3, 0.4) is 0 Å². The van der Waals surface area contributed by atoms with Crippen molar-refractivity contribution < 1.29 is 19.4 Å². The van der Waals surface area contributed by atoms with E-state index >= 15 is 0 Å². The highest BCUT2D eigenvalue weighted by atomic mass is 32.1. The highest BCUT2D eigenvalue weighted by Crippen LogP contribution is 2.31. The van der Waals surface area contributed by atoms with E-state index in [9.17, 15) is 14.7 Å². The van der Waals surface area contributed by atoms with Gasteiger partial charge in [0.15, 0.2) is 0 Å². The third-order valence-corrected chi connectivity index (χ3v) is 4.50. The summed E-state index contributed by atoms with van der Waals surface area (Å²) in [6.07, 6.45) is 0.443. The number of ether oxygens (including phenoxy) is 1. The lowest BCUT2D eigenvalue weighted by Gasteiger charge is -2.16. The summed E-state index contributed by atoms with van der Waals surface area (Å²) >= 11 is 1.42. The molecule has 1 heterocycles. The van der Waals surface area contributed by atoms with Gasteiger partial charge in [-0.25, -0.2) is 9.78 Å². The number of thiazole rings is 1. The first kappa shape index (κ1) is 18.9. The minimum absolute atomic E-state index is 0.0491. The fraction of sp³-hybridized carbons (Fsp3) is 0.389. The Labute approximate surface area is 150 Å². The molecule has 2 N–H and O–H groups in total. The zero-order valence-corrected chi connectivity index (χ0v) is 15.3. The second-order valence-corrected chi connectivity index (χ2v) is 6.97. The average molecular weight is 362 g/mol. The number of hydrogen-bond acceptors (Lipinski definition) is 5. The zero-order valence-electron chi connectivity index (χ0n) is 14.5. The van der Waals surface area contributed by atoms with Crippen molar-refractivity contribution >= 4 is 23.2 Å². The number of aromatic nitrogens is 1. The van der Waals surface area contributed by atoms with E-state index in [1.807, 2.05) is 38.1 Å². The van der Waals surface area contributed by atoms with Gasteiger partial charge in [0.2, 0.25) is 5.91 Å². The van der Waals surface area contributed by atoms with Crippen molar-refractivity contribution in [3.8, 4) is 16.3 Å². The van der Waals surface area contributed by atoms with E-state index in [1.165, 1.54) is 11.3 Å². The number of carbonyl (C=O) groups is 2. The van der Waals surface area contributed by atoms with E-state index in [4.69, 9.17) is 4.74 Å². The number of benzene rings is 1. The first-order valence-corrected chi connectivity index (χ1v) is 8.88. The van der Waals surface area contributed by atoms with E-state index in [1.54, 1.807) is 12.5 Å². The van der Waals surface area contributed by atoms with Crippen LogP contribution < -0.4 is 10.1 Å². The van der Waals surface area contributed by atoms with Crippen molar-refractivity contribution in [1.82, 2.24) is 10.3 Å². The number of nitrogens with zero attached hydrogens (tertiary/aromatic N) is 1. The Morgan fingerprint density at radius 2 is 2.04 bits per heavy atom. The molecule has 0 aliphatic carbocycles. The Morgan fingerprint density at radius 1 is 1.32 bits per heavy atom. The predicted octanol–water partition coefficient (Wildman–Crippen LogP) is 2.98. The molecule has 0 spiro atoms. The van der Waals surface area contributed by atoms with Gasteiger partial charge in [-0.2, -0.15) is 0 Å². The van der Waals surface area contributed by atoms with E-state index in [-0.39, 0.29) is 18.2 Å². The molecule has 1 aromatic carbocycles. The smallest absolute Gasteiger partial charge is 0.326 e. The topological polar surface area (TPSA) is 88.5 Å². The third-order valence-electron chi connectivity index (χ3n) is 3.57. The summed E-state index contributed by atoms with van der Waals surface area (Å²) in [5.74, 6) is -0.464. The van der Waals surface area contributed by atoms with Gasteiger partial charge in [-0.15, -0.1) is 11.3 Å². The number of amides is 1. The maximum Gasteiger partial charge on any atom is 0.326 e. The lowest BCUT2D eigenvalue weighted by Crippen LogP contribution is -2.42. The lowest BCUT2D eigenvalue weighted by molar-refractivity contribution is -0.142. The normalized spacial score (nSPS) is 12.0. The second-order valence-electron chi connectivity index (χ2n) is 6.11. The molecule has 25 heavy (non-hydrogen) atoms. The van der Waals surface area contributed by atoms with E-state index in [0.29, 0.717) is 12.1 Å². The molecular formula is C18H22N2O4S. The molecule has 0 aliphatic rings. The third kappa shape index (κ3) is 5.29. The largest absolute Gasteiger partial charge is 0.496 e. The van der Waals surface area contributed by atoms with Crippen molar-refractivity contribution in [2.75, 3.05) is 7.11 Å². The fourth-order valence-corrected chi connectivity index (χ4v) is 3.29. The molecule has 0 radical (unpaired) electrons. The Balaban J connectivity index is 2.05. The molecule has 1 aromatic heterocycles. The van der Waals surface area contributed by atoms with Gasteiger partial charge < -0.3 is 15.2 Å². The Bertz CT molecular complexity index is 742. The van der Waals surface area contributed by atoms with Crippen LogP contribution in [0.1, 0.15) is 26.0 Å². The minimum Gasteiger partial charge on any atom is -0.496 e. The van der Waals surface area contributed by atoms with E-state index < -0.39 is 12.0 Å². The van der Waals surface area contributed by atoms with Gasteiger partial charge in [-0.05, 0) is 24.5 Å². The molecule has 1 unspecified atom stereocenters. The molecule has 6 nitrogen and oxygen atoms in total. The highest BCUT2D eigenvalue weighted by molar-refractivity contribution is 7.13. The summed E-state index contributed by atoms with van der Waals surface area (Å²) in [4.78, 5) is 27.9. The number of methoxy groups -OCH3 is 1. The molecule has 0 bridgehead atoms. The molecule has 7 heteroatoms. The summed E-state index contributed by atoms with van der Waals surface area (Å²) in [5, 5.41) is 14.3. The fourth-order valence-electron chi connectivity index (χ4n) is 2.44. The van der Waals surface area contributed by atoms with Gasteiger partial charge in [0, 0.05) is 5.38 Å². The van der Waals surface area contributed by atoms with Gasteiger partial charge >= 0.3 is 5.97 Å². The van der Waals surface area contributed by atoms with E-state index in [2.05, 4.69) is 10.3 Å². The summed E-state index contributed by atoms with van der Waals surface area (Å²) in [5.41, 5.74) is 1.47. The highest BCUT2D eigenvalue weighted by Gasteiger charge is 2.21. The number of carboxylic acid groups (broad SMARTS) is 1. The standard InChI is InChI=1S/C18H22N2O4S/c1-11(2)8-14(18(22)23)20-16(21)9-12-10-25-17(19-12)13-6-4-5-7-15(13)24-3/h4-7,10-11,14H,8-9H2,1-3H3,(H,20,21)(H,22,23). The number of para-hydroxylation sites is 1. The first-order chi connectivity index (χ1) is 11.9. The zero-order chi connectivity index (χ0) is 18.4. The number of carbonyl (C=O) groups excluding carboxylic acids is 1. The summed E-state index contributed by atoms with van der Waals surface area (Å²) < 4.78 is 5.33. The first-order valence-electron chi connectivity index (χ1n) is 8.00. The van der Waals surface area contributed by atoms with Crippen LogP contribution in [-0.4, -0.2) is 35.1 Å². The maximum atomic E-state index is 12.1. The molecule has 2 aromatic rings. The van der Waals surface area contributed by atoms with Crippen molar-refractivity contribution in [3.05, 3.63) is 35.3 Å². The maximum absolute atomic E-state index is 12.1. The van der Waals surface area contributed by atoms with Gasteiger partial charge in [-0.1, -0.05) is 26.0 Å². The van der Waals surface area contributed by atoms with Gasteiger partial charge in [0.05, 0.1) is 24.8 Å². The molecule has 0 saturated carbocycles. The van der Waals surface area contributed by atoms with Crippen LogP contribution in [-0.2, 0) is 16.0 Å². The lowest BCUT2D eigenvalue weighted by atomic mass is 10.0. The minimum atomic E-state index is -1.02. The molecular weight excluding hydrogens is 340 g/mol. The quantitative estimate of drug-likeness (QED) is 0.754. The summed E-state index contributed by atoms with van der Waals surface area (Å²) in [6, 6.07) is 6.66.